The first-order valence-corrected chi connectivity index (χ1v) is 5.95. The smallest absolute Gasteiger partial charge is 0.212 e. The van der Waals surface area contributed by atoms with Crippen LogP contribution in [-0.2, 0) is 10.0 Å². The third kappa shape index (κ3) is 4.07. The summed E-state index contributed by atoms with van der Waals surface area (Å²) in [4.78, 5) is 0. The molecule has 1 aliphatic rings. The Morgan fingerprint density at radius 1 is 1.33 bits per heavy atom. The Hall–Kier alpha value is -0.0900. The first-order valence-electron chi connectivity index (χ1n) is 4.30. The summed E-state index contributed by atoms with van der Waals surface area (Å²) >= 11 is 0. The lowest BCUT2D eigenvalue weighted by Crippen LogP contribution is -2.42. The summed E-state index contributed by atoms with van der Waals surface area (Å²) in [5.41, 5.74) is -0.340. The minimum atomic E-state index is -3.03. The summed E-state index contributed by atoms with van der Waals surface area (Å²) in [6, 6.07) is 0. The molecule has 0 bridgehead atoms. The van der Waals surface area contributed by atoms with Gasteiger partial charge >= 0.3 is 0 Å². The molecule has 72 valence electrons. The van der Waals surface area contributed by atoms with E-state index in [1.54, 1.807) is 0 Å². The SMILES string of the molecule is CC(C)(C)NS(=O)(=O)CC1CC1. The summed E-state index contributed by atoms with van der Waals surface area (Å²) in [6.07, 6.45) is 2.15. The van der Waals surface area contributed by atoms with Gasteiger partial charge in [0.2, 0.25) is 10.0 Å². The lowest BCUT2D eigenvalue weighted by molar-refractivity contribution is 0.490. The molecule has 1 rings (SSSR count). The van der Waals surface area contributed by atoms with Crippen molar-refractivity contribution in [2.75, 3.05) is 5.75 Å². The Labute approximate surface area is 74.6 Å². The molecule has 3 nitrogen and oxygen atoms in total. The molecule has 0 amide bonds. The maximum Gasteiger partial charge on any atom is 0.212 e. The van der Waals surface area contributed by atoms with E-state index in [0.717, 1.165) is 12.8 Å². The molecule has 0 aliphatic heterocycles. The minimum absolute atomic E-state index is 0.310. The number of rotatable bonds is 3. The molecule has 0 unspecified atom stereocenters. The molecule has 0 aromatic heterocycles. The standard InChI is InChI=1S/C8H17NO2S/c1-8(2,3)9-12(10,11)6-7-4-5-7/h7,9H,4-6H2,1-3H3. The van der Waals surface area contributed by atoms with Crippen molar-refractivity contribution < 1.29 is 8.42 Å². The van der Waals surface area contributed by atoms with Crippen LogP contribution >= 0.6 is 0 Å². The molecule has 4 heteroatoms. The molecule has 1 N–H and O–H groups in total. The van der Waals surface area contributed by atoms with Gasteiger partial charge < -0.3 is 0 Å². The number of sulfonamides is 1. The number of hydrogen-bond acceptors (Lipinski definition) is 2. The fourth-order valence-corrected chi connectivity index (χ4v) is 3.07. The first-order chi connectivity index (χ1) is 5.29. The highest BCUT2D eigenvalue weighted by atomic mass is 32.2. The van der Waals surface area contributed by atoms with Crippen molar-refractivity contribution in [3.05, 3.63) is 0 Å². The fourth-order valence-electron chi connectivity index (χ4n) is 1.10. The summed E-state index contributed by atoms with van der Waals surface area (Å²) in [7, 11) is -3.03. The predicted molar refractivity (Wildman–Crippen MR) is 49.4 cm³/mol. The zero-order chi connectivity index (χ0) is 9.41. The number of nitrogens with one attached hydrogen (secondary N) is 1. The maximum atomic E-state index is 11.4. The van der Waals surface area contributed by atoms with E-state index >= 15 is 0 Å². The summed E-state index contributed by atoms with van der Waals surface area (Å²) < 4.78 is 25.4. The average Bonchev–Trinajstić information content (AvgIpc) is 2.39. The lowest BCUT2D eigenvalue weighted by atomic mass is 10.1. The Balaban J connectivity index is 2.47. The molecule has 0 spiro atoms. The summed E-state index contributed by atoms with van der Waals surface area (Å²) in [5, 5.41) is 0. The van der Waals surface area contributed by atoms with E-state index in [-0.39, 0.29) is 5.54 Å². The molecular formula is C8H17NO2S. The van der Waals surface area contributed by atoms with Crippen molar-refractivity contribution in [2.45, 2.75) is 39.2 Å². The van der Waals surface area contributed by atoms with Crippen LogP contribution in [0.2, 0.25) is 0 Å². The van der Waals surface area contributed by atoms with Crippen molar-refractivity contribution in [3.63, 3.8) is 0 Å². The Morgan fingerprint density at radius 2 is 1.83 bits per heavy atom. The van der Waals surface area contributed by atoms with Crippen LogP contribution in [0.3, 0.4) is 0 Å². The quantitative estimate of drug-likeness (QED) is 0.726. The molecular weight excluding hydrogens is 174 g/mol. The van der Waals surface area contributed by atoms with Crippen molar-refractivity contribution in [1.29, 1.82) is 0 Å². The molecule has 1 saturated carbocycles. The van der Waals surface area contributed by atoms with E-state index < -0.39 is 10.0 Å². The maximum absolute atomic E-state index is 11.4. The van der Waals surface area contributed by atoms with Gasteiger partial charge in [-0.3, -0.25) is 0 Å². The van der Waals surface area contributed by atoms with Crippen molar-refractivity contribution in [1.82, 2.24) is 4.72 Å². The highest BCUT2D eigenvalue weighted by Crippen LogP contribution is 2.30. The van der Waals surface area contributed by atoms with Crippen LogP contribution in [0, 0.1) is 5.92 Å². The van der Waals surface area contributed by atoms with E-state index in [1.807, 2.05) is 20.8 Å². The lowest BCUT2D eigenvalue weighted by Gasteiger charge is -2.20. The first kappa shape index (κ1) is 9.99. The van der Waals surface area contributed by atoms with Crippen LogP contribution in [0.1, 0.15) is 33.6 Å². The van der Waals surface area contributed by atoms with Crippen LogP contribution in [0.25, 0.3) is 0 Å². The van der Waals surface area contributed by atoms with Crippen molar-refractivity contribution in [2.24, 2.45) is 5.92 Å². The van der Waals surface area contributed by atoms with Crippen LogP contribution in [-0.4, -0.2) is 19.7 Å². The van der Waals surface area contributed by atoms with Gasteiger partial charge in [-0.05, 0) is 39.5 Å². The van der Waals surface area contributed by atoms with Crippen LogP contribution in [0.4, 0.5) is 0 Å². The molecule has 0 saturated heterocycles. The summed E-state index contributed by atoms with van der Waals surface area (Å²) in [6.45, 7) is 5.58. The predicted octanol–water partition coefficient (Wildman–Crippen LogP) is 1.11. The van der Waals surface area contributed by atoms with E-state index in [1.165, 1.54) is 0 Å². The van der Waals surface area contributed by atoms with Gasteiger partial charge in [0.05, 0.1) is 5.75 Å². The molecule has 0 aromatic rings. The van der Waals surface area contributed by atoms with Crippen LogP contribution < -0.4 is 4.72 Å². The van der Waals surface area contributed by atoms with Crippen molar-refractivity contribution >= 4 is 10.0 Å². The normalized spacial score (nSPS) is 19.6. The van der Waals surface area contributed by atoms with Crippen molar-refractivity contribution in [3.8, 4) is 0 Å². The zero-order valence-electron chi connectivity index (χ0n) is 7.92. The third-order valence-electron chi connectivity index (χ3n) is 1.61. The van der Waals surface area contributed by atoms with E-state index in [0.29, 0.717) is 11.7 Å². The van der Waals surface area contributed by atoms with Gasteiger partial charge in [0.25, 0.3) is 0 Å². The van der Waals surface area contributed by atoms with Gasteiger partial charge in [0.1, 0.15) is 0 Å². The van der Waals surface area contributed by atoms with Gasteiger partial charge in [-0.15, -0.1) is 0 Å². The monoisotopic (exact) mass is 191 g/mol. The summed E-state index contributed by atoms with van der Waals surface area (Å²) in [5.74, 6) is 0.731. The highest BCUT2D eigenvalue weighted by molar-refractivity contribution is 7.89. The molecule has 0 atom stereocenters. The molecule has 1 fully saturated rings. The number of hydrogen-bond donors (Lipinski definition) is 1. The molecule has 1 aliphatic carbocycles. The van der Waals surface area contributed by atoms with Gasteiger partial charge in [-0.2, -0.15) is 0 Å². The molecule has 12 heavy (non-hydrogen) atoms. The molecule has 0 radical (unpaired) electrons. The largest absolute Gasteiger partial charge is 0.212 e. The highest BCUT2D eigenvalue weighted by Gasteiger charge is 2.29. The Kier molecular flexibility index (Phi) is 2.50. The Bertz CT molecular complexity index is 247. The van der Waals surface area contributed by atoms with E-state index in [4.69, 9.17) is 0 Å². The fraction of sp³-hybridized carbons (Fsp3) is 1.00. The zero-order valence-corrected chi connectivity index (χ0v) is 8.74. The topological polar surface area (TPSA) is 46.2 Å². The second-order valence-corrected chi connectivity index (χ2v) is 6.34. The van der Waals surface area contributed by atoms with Gasteiger partial charge in [0, 0.05) is 5.54 Å². The second-order valence-electron chi connectivity index (χ2n) is 4.58. The van der Waals surface area contributed by atoms with Crippen LogP contribution in [0.5, 0.6) is 0 Å². The minimum Gasteiger partial charge on any atom is -0.212 e. The average molecular weight is 191 g/mol. The van der Waals surface area contributed by atoms with E-state index in [9.17, 15) is 8.42 Å². The van der Waals surface area contributed by atoms with Gasteiger partial charge in [0.15, 0.2) is 0 Å². The van der Waals surface area contributed by atoms with E-state index in [2.05, 4.69) is 4.72 Å². The second kappa shape index (κ2) is 3.00. The van der Waals surface area contributed by atoms with Gasteiger partial charge in [-0.25, -0.2) is 13.1 Å². The third-order valence-corrected chi connectivity index (χ3v) is 3.45. The Morgan fingerprint density at radius 3 is 2.17 bits per heavy atom. The molecule has 0 aromatic carbocycles. The molecule has 0 heterocycles. The van der Waals surface area contributed by atoms with Crippen LogP contribution in [0.15, 0.2) is 0 Å². The van der Waals surface area contributed by atoms with Gasteiger partial charge in [-0.1, -0.05) is 0 Å².